The van der Waals surface area contributed by atoms with E-state index in [1.54, 1.807) is 44.4 Å². The van der Waals surface area contributed by atoms with E-state index in [0.29, 0.717) is 27.7 Å². The molecule has 5 nitrogen and oxygen atoms in total. The molecule has 0 radical (unpaired) electrons. The number of likely N-dealkylation sites (N-methyl/N-ethyl adjacent to an activating group) is 2. The highest BCUT2D eigenvalue weighted by molar-refractivity contribution is 6.42. The summed E-state index contributed by atoms with van der Waals surface area (Å²) in [6.07, 6.45) is -2.92. The number of carbonyl (C=O) groups is 1. The lowest BCUT2D eigenvalue weighted by molar-refractivity contribution is -0.275. The molecule has 1 N–H and O–H groups in total. The molecule has 0 bridgehead atoms. The predicted octanol–water partition coefficient (Wildman–Crippen LogP) is 7.12. The number of hydrogen-bond donors (Lipinski definition) is 1. The van der Waals surface area contributed by atoms with Crippen molar-refractivity contribution in [1.29, 1.82) is 0 Å². The lowest BCUT2D eigenvalue weighted by Crippen LogP contribution is -2.43. The Morgan fingerprint density at radius 3 is 2.31 bits per heavy atom. The van der Waals surface area contributed by atoms with Gasteiger partial charge < -0.3 is 19.9 Å². The van der Waals surface area contributed by atoms with E-state index in [4.69, 9.17) is 23.2 Å². The molecule has 0 saturated carbocycles. The van der Waals surface area contributed by atoms with E-state index >= 15 is 0 Å². The fraction of sp³-hybridized carbons (Fsp3) is 0.345. The van der Waals surface area contributed by atoms with Crippen LogP contribution in [0.2, 0.25) is 10.0 Å². The number of alkyl halides is 3. The van der Waals surface area contributed by atoms with Gasteiger partial charge in [-0.15, -0.1) is 13.2 Å². The molecule has 0 aliphatic carbocycles. The molecule has 4 rings (SSSR count). The molecule has 2 atom stereocenters. The number of ether oxygens (including phenoxy) is 1. The first-order valence-corrected chi connectivity index (χ1v) is 13.4. The number of rotatable bonds is 9. The molecule has 0 aromatic heterocycles. The lowest BCUT2D eigenvalue weighted by Gasteiger charge is -2.35. The van der Waals surface area contributed by atoms with Crippen molar-refractivity contribution in [2.75, 3.05) is 33.7 Å². The van der Waals surface area contributed by atoms with Gasteiger partial charge in [-0.1, -0.05) is 71.7 Å². The summed E-state index contributed by atoms with van der Waals surface area (Å²) in [5, 5.41) is 3.67. The van der Waals surface area contributed by atoms with Crippen LogP contribution in [0.5, 0.6) is 5.75 Å². The summed E-state index contributed by atoms with van der Waals surface area (Å²) in [6, 6.07) is 17.3. The van der Waals surface area contributed by atoms with Crippen molar-refractivity contribution in [3.05, 3.63) is 87.9 Å². The summed E-state index contributed by atoms with van der Waals surface area (Å²) in [4.78, 5) is 17.5. The van der Waals surface area contributed by atoms with Crippen molar-refractivity contribution in [1.82, 2.24) is 15.1 Å². The molecular weight excluding hydrogens is 550 g/mol. The van der Waals surface area contributed by atoms with Crippen LogP contribution in [0.25, 0.3) is 11.1 Å². The Hall–Kier alpha value is -2.78. The minimum atomic E-state index is -4.90. The first-order valence-electron chi connectivity index (χ1n) is 12.6. The topological polar surface area (TPSA) is 44.8 Å². The average molecular weight is 580 g/mol. The average Bonchev–Trinajstić information content (AvgIpc) is 3.42. The van der Waals surface area contributed by atoms with Crippen LogP contribution in [-0.4, -0.2) is 55.8 Å². The van der Waals surface area contributed by atoms with E-state index in [1.165, 1.54) is 11.0 Å². The minimum Gasteiger partial charge on any atom is -0.405 e. The number of hydrogen-bond acceptors (Lipinski definition) is 4. The molecule has 1 saturated heterocycles. The zero-order valence-corrected chi connectivity index (χ0v) is 23.2. The molecule has 1 heterocycles. The lowest BCUT2D eigenvalue weighted by atomic mass is 9.97. The van der Waals surface area contributed by atoms with E-state index in [-0.39, 0.29) is 17.2 Å². The number of amides is 1. The smallest absolute Gasteiger partial charge is 0.405 e. The molecule has 10 heteroatoms. The maximum absolute atomic E-state index is 13.9. The van der Waals surface area contributed by atoms with Crippen LogP contribution in [0.15, 0.2) is 66.7 Å². The highest BCUT2D eigenvalue weighted by Gasteiger charge is 2.36. The maximum atomic E-state index is 13.9. The summed E-state index contributed by atoms with van der Waals surface area (Å²) < 4.78 is 45.4. The minimum absolute atomic E-state index is 0.277. The third kappa shape index (κ3) is 7.25. The van der Waals surface area contributed by atoms with Crippen LogP contribution >= 0.6 is 23.2 Å². The number of benzene rings is 3. The Labute approximate surface area is 236 Å². The monoisotopic (exact) mass is 579 g/mol. The molecule has 39 heavy (non-hydrogen) atoms. The fourth-order valence-electron chi connectivity index (χ4n) is 4.95. The molecule has 1 aliphatic rings. The van der Waals surface area contributed by atoms with E-state index < -0.39 is 18.4 Å². The molecule has 208 valence electrons. The van der Waals surface area contributed by atoms with Crippen LogP contribution in [0.4, 0.5) is 13.2 Å². The largest absolute Gasteiger partial charge is 0.573 e. The van der Waals surface area contributed by atoms with Gasteiger partial charge in [-0.2, -0.15) is 0 Å². The summed E-state index contributed by atoms with van der Waals surface area (Å²) in [5.41, 5.74) is 2.21. The van der Waals surface area contributed by atoms with Gasteiger partial charge in [0.1, 0.15) is 11.8 Å². The van der Waals surface area contributed by atoms with Crippen LogP contribution in [0.3, 0.4) is 0 Å². The van der Waals surface area contributed by atoms with Gasteiger partial charge in [0, 0.05) is 19.2 Å². The molecule has 2 unspecified atom stereocenters. The Morgan fingerprint density at radius 1 is 1.00 bits per heavy atom. The second-order valence-corrected chi connectivity index (χ2v) is 10.3. The van der Waals surface area contributed by atoms with Crippen molar-refractivity contribution in [3.63, 3.8) is 0 Å². The Kier molecular flexibility index (Phi) is 9.43. The van der Waals surface area contributed by atoms with Crippen LogP contribution in [-0.2, 0) is 4.79 Å². The Balaban J connectivity index is 1.75. The van der Waals surface area contributed by atoms with Crippen molar-refractivity contribution >= 4 is 29.1 Å². The molecular formula is C29H30Cl2F3N3O2. The summed E-state index contributed by atoms with van der Waals surface area (Å²) in [6.45, 7) is 1.97. The normalized spacial score (nSPS) is 15.7. The van der Waals surface area contributed by atoms with Crippen LogP contribution < -0.4 is 10.1 Å². The highest BCUT2D eigenvalue weighted by Crippen LogP contribution is 2.38. The first kappa shape index (κ1) is 29.2. The van der Waals surface area contributed by atoms with Gasteiger partial charge in [-0.05, 0) is 67.9 Å². The predicted molar refractivity (Wildman–Crippen MR) is 148 cm³/mol. The highest BCUT2D eigenvalue weighted by atomic mass is 35.5. The third-order valence-corrected chi connectivity index (χ3v) is 7.70. The number of carbonyl (C=O) groups excluding carboxylic acids is 1. The van der Waals surface area contributed by atoms with Gasteiger partial charge in [0.15, 0.2) is 0 Å². The number of likely N-dealkylation sites (tertiary alicyclic amines) is 1. The maximum Gasteiger partial charge on any atom is 0.573 e. The molecule has 1 amide bonds. The summed E-state index contributed by atoms with van der Waals surface area (Å²) in [5.74, 6) is -0.659. The standard InChI is InChI=1S/C29H30Cl2F3N3O2/c1-35-27(21-11-13-23(30)24(31)16-21)28(38)36(2)25(18-37-14-6-7-15-37)22-12-10-20(19-8-4-3-5-9-19)17-26(22)39-29(32,33)34/h3-5,8-13,16-17,25,27,35H,6-7,14-15,18H2,1-2H3. The van der Waals surface area contributed by atoms with Gasteiger partial charge in [-0.3, -0.25) is 4.79 Å². The quantitative estimate of drug-likeness (QED) is 0.293. The van der Waals surface area contributed by atoms with Crippen molar-refractivity contribution < 1.29 is 22.7 Å². The van der Waals surface area contributed by atoms with Gasteiger partial charge in [0.05, 0.1) is 16.1 Å². The zero-order chi connectivity index (χ0) is 28.2. The molecule has 1 aliphatic heterocycles. The first-order chi connectivity index (χ1) is 18.6. The number of nitrogens with one attached hydrogen (secondary N) is 1. The zero-order valence-electron chi connectivity index (χ0n) is 21.6. The summed E-state index contributed by atoms with van der Waals surface area (Å²) >= 11 is 12.3. The van der Waals surface area contributed by atoms with Crippen LogP contribution in [0, 0.1) is 0 Å². The Morgan fingerprint density at radius 2 is 1.69 bits per heavy atom. The number of nitrogens with zero attached hydrogens (tertiary/aromatic N) is 2. The van der Waals surface area contributed by atoms with E-state index in [1.807, 2.05) is 30.3 Å². The van der Waals surface area contributed by atoms with Gasteiger partial charge >= 0.3 is 6.36 Å². The molecule has 1 fully saturated rings. The van der Waals surface area contributed by atoms with Gasteiger partial charge in [0.2, 0.25) is 5.91 Å². The van der Waals surface area contributed by atoms with Crippen molar-refractivity contribution in [2.45, 2.75) is 31.3 Å². The number of halogens is 5. The Bertz CT molecular complexity index is 1280. The van der Waals surface area contributed by atoms with E-state index in [9.17, 15) is 18.0 Å². The van der Waals surface area contributed by atoms with Crippen molar-refractivity contribution in [3.8, 4) is 16.9 Å². The van der Waals surface area contributed by atoms with Crippen molar-refractivity contribution in [2.24, 2.45) is 0 Å². The molecule has 3 aromatic rings. The third-order valence-electron chi connectivity index (χ3n) is 6.96. The SMILES string of the molecule is CNC(C(=O)N(C)C(CN1CCCC1)c1ccc(-c2ccccc2)cc1OC(F)(F)F)c1ccc(Cl)c(Cl)c1. The molecule has 3 aromatic carbocycles. The molecule has 0 spiro atoms. The fourth-order valence-corrected chi connectivity index (χ4v) is 5.26. The summed E-state index contributed by atoms with van der Waals surface area (Å²) in [7, 11) is 3.24. The van der Waals surface area contributed by atoms with E-state index in [2.05, 4.69) is 15.0 Å². The second kappa shape index (κ2) is 12.6. The second-order valence-electron chi connectivity index (χ2n) is 9.53. The van der Waals surface area contributed by atoms with Gasteiger partial charge in [-0.25, -0.2) is 0 Å². The van der Waals surface area contributed by atoms with E-state index in [0.717, 1.165) is 31.5 Å². The van der Waals surface area contributed by atoms with Crippen LogP contribution in [0.1, 0.15) is 36.1 Å². The van der Waals surface area contributed by atoms with Gasteiger partial charge in [0.25, 0.3) is 0 Å².